The molecule has 5 heteroatoms. The van der Waals surface area contributed by atoms with Crippen molar-refractivity contribution in [1.29, 1.82) is 0 Å². The van der Waals surface area contributed by atoms with E-state index in [0.29, 0.717) is 5.95 Å². The zero-order chi connectivity index (χ0) is 38.3. The van der Waals surface area contributed by atoms with E-state index >= 15 is 0 Å². The summed E-state index contributed by atoms with van der Waals surface area (Å²) in [6.45, 7) is 4.78. The Labute approximate surface area is 333 Å². The zero-order valence-electron chi connectivity index (χ0n) is 31.9. The summed E-state index contributed by atoms with van der Waals surface area (Å²) in [4.78, 5) is 11.1. The van der Waals surface area contributed by atoms with Crippen LogP contribution in [-0.2, 0) is 5.41 Å². The maximum absolute atomic E-state index is 6.64. The fourth-order valence-electron chi connectivity index (χ4n) is 10.3. The van der Waals surface area contributed by atoms with Crippen LogP contribution in [-0.4, -0.2) is 19.1 Å². The van der Waals surface area contributed by atoms with E-state index in [1.807, 2.05) is 12.1 Å². The van der Waals surface area contributed by atoms with E-state index in [9.17, 15) is 0 Å². The van der Waals surface area contributed by atoms with Gasteiger partial charge in [-0.2, -0.15) is 0 Å². The van der Waals surface area contributed by atoms with E-state index in [1.165, 1.54) is 49.4 Å². The Morgan fingerprint density at radius 1 is 0.483 bits per heavy atom. The van der Waals surface area contributed by atoms with Crippen LogP contribution < -0.4 is 0 Å². The van der Waals surface area contributed by atoms with Crippen LogP contribution in [0.1, 0.15) is 25.0 Å². The first-order chi connectivity index (χ1) is 28.6. The molecule has 5 nitrogen and oxygen atoms in total. The molecule has 4 aromatic heterocycles. The SMILES string of the molecule is CC1(C)c2ccccc2-c2c1c1c3ccccc3n(-c3ccccc3)c1c1c3ccccc3n(-c3nc(-c4cccc5c4oc4ccccc45)c4ccccc4n3)c21. The molecule has 0 aliphatic heterocycles. The number of rotatable bonds is 3. The third-order valence-electron chi connectivity index (χ3n) is 12.7. The highest BCUT2D eigenvalue weighted by Gasteiger charge is 2.41. The van der Waals surface area contributed by atoms with Crippen molar-refractivity contribution in [2.24, 2.45) is 0 Å². The lowest BCUT2D eigenvalue weighted by atomic mass is 9.80. The molecule has 0 saturated carbocycles. The molecule has 0 atom stereocenters. The molecule has 0 fully saturated rings. The van der Waals surface area contributed by atoms with Crippen LogP contribution in [0, 0.1) is 0 Å². The van der Waals surface area contributed by atoms with Gasteiger partial charge < -0.3 is 8.98 Å². The van der Waals surface area contributed by atoms with Crippen molar-refractivity contribution in [2.45, 2.75) is 19.3 Å². The third kappa shape index (κ3) is 4.00. The van der Waals surface area contributed by atoms with Gasteiger partial charge in [-0.3, -0.25) is 4.57 Å². The molecule has 13 rings (SSSR count). The van der Waals surface area contributed by atoms with Crippen LogP contribution >= 0.6 is 0 Å². The van der Waals surface area contributed by atoms with Crippen LogP contribution in [0.2, 0.25) is 0 Å². The molecule has 58 heavy (non-hydrogen) atoms. The monoisotopic (exact) mass is 742 g/mol. The summed E-state index contributed by atoms with van der Waals surface area (Å²) >= 11 is 0. The second kappa shape index (κ2) is 11.3. The molecule has 0 spiro atoms. The minimum Gasteiger partial charge on any atom is -0.455 e. The molecule has 0 saturated heterocycles. The second-order valence-electron chi connectivity index (χ2n) is 16.1. The molecule has 1 aliphatic rings. The maximum Gasteiger partial charge on any atom is 0.235 e. The fraction of sp³-hybridized carbons (Fsp3) is 0.0566. The predicted octanol–water partition coefficient (Wildman–Crippen LogP) is 13.7. The minimum absolute atomic E-state index is 0.294. The van der Waals surface area contributed by atoms with Gasteiger partial charge in [-0.05, 0) is 59.2 Å². The summed E-state index contributed by atoms with van der Waals surface area (Å²) in [5.74, 6) is 0.624. The molecule has 12 aromatic rings. The van der Waals surface area contributed by atoms with E-state index in [-0.39, 0.29) is 5.41 Å². The number of nitrogens with zero attached hydrogens (tertiary/aromatic N) is 4. The topological polar surface area (TPSA) is 48.8 Å². The predicted molar refractivity (Wildman–Crippen MR) is 238 cm³/mol. The smallest absolute Gasteiger partial charge is 0.235 e. The Morgan fingerprint density at radius 3 is 1.93 bits per heavy atom. The van der Waals surface area contributed by atoms with Gasteiger partial charge in [-0.1, -0.05) is 141 Å². The van der Waals surface area contributed by atoms with Gasteiger partial charge in [0.15, 0.2) is 0 Å². The first kappa shape index (κ1) is 31.7. The molecular weight excluding hydrogens is 709 g/mol. The maximum atomic E-state index is 6.64. The van der Waals surface area contributed by atoms with Gasteiger partial charge in [0, 0.05) is 59.9 Å². The van der Waals surface area contributed by atoms with Crippen LogP contribution in [0.15, 0.2) is 174 Å². The normalized spacial score (nSPS) is 13.5. The highest BCUT2D eigenvalue weighted by Crippen LogP contribution is 2.58. The number of hydrogen-bond acceptors (Lipinski definition) is 3. The average Bonchev–Trinajstić information content (AvgIpc) is 3.99. The Morgan fingerprint density at radius 2 is 1.10 bits per heavy atom. The van der Waals surface area contributed by atoms with Crippen LogP contribution in [0.5, 0.6) is 0 Å². The van der Waals surface area contributed by atoms with Crippen molar-refractivity contribution in [3.05, 3.63) is 181 Å². The van der Waals surface area contributed by atoms with Gasteiger partial charge in [0.05, 0.1) is 33.3 Å². The fourth-order valence-corrected chi connectivity index (χ4v) is 10.3. The molecule has 1 aliphatic carbocycles. The van der Waals surface area contributed by atoms with E-state index in [0.717, 1.165) is 66.2 Å². The number of benzene rings is 8. The Hall–Kier alpha value is -7.50. The molecule has 0 bridgehead atoms. The Bertz CT molecular complexity index is 3710. The Balaban J connectivity index is 1.26. The first-order valence-electron chi connectivity index (χ1n) is 19.9. The molecule has 0 amide bonds. The van der Waals surface area contributed by atoms with Crippen molar-refractivity contribution >= 4 is 76.5 Å². The van der Waals surface area contributed by atoms with Gasteiger partial charge >= 0.3 is 0 Å². The lowest BCUT2D eigenvalue weighted by Gasteiger charge is -2.23. The molecule has 4 heterocycles. The highest BCUT2D eigenvalue weighted by atomic mass is 16.3. The summed E-state index contributed by atoms with van der Waals surface area (Å²) in [5.41, 5.74) is 14.9. The highest BCUT2D eigenvalue weighted by molar-refractivity contribution is 6.31. The second-order valence-corrected chi connectivity index (χ2v) is 16.1. The number of aromatic nitrogens is 4. The number of furan rings is 1. The van der Waals surface area contributed by atoms with Crippen molar-refractivity contribution in [3.63, 3.8) is 0 Å². The quantitative estimate of drug-likeness (QED) is 0.181. The standard InChI is InChI=1S/C53H34N4O/c1-53(2)39-26-11-6-20-34(39)44-47(53)45-36-22-8-13-28-41(36)56(31-17-4-3-5-18-31)49(45)46-37-23-9-14-29-42(37)57(50(44)46)52-54-40-27-12-7-21-35(40)48(55-52)38-25-16-24-33-32-19-10-15-30-43(32)58-51(33)38/h3-30H,1-2H3. The van der Waals surface area contributed by atoms with Crippen molar-refractivity contribution in [2.75, 3.05) is 0 Å². The van der Waals surface area contributed by atoms with Crippen molar-refractivity contribution in [1.82, 2.24) is 19.1 Å². The van der Waals surface area contributed by atoms with E-state index < -0.39 is 0 Å². The van der Waals surface area contributed by atoms with Gasteiger partial charge in [0.25, 0.3) is 0 Å². The number of para-hydroxylation sites is 6. The lowest BCUT2D eigenvalue weighted by molar-refractivity contribution is 0.667. The number of hydrogen-bond donors (Lipinski definition) is 0. The lowest BCUT2D eigenvalue weighted by Crippen LogP contribution is -2.15. The summed E-state index contributed by atoms with van der Waals surface area (Å²) in [6, 6.07) is 60.5. The van der Waals surface area contributed by atoms with Crippen molar-refractivity contribution < 1.29 is 4.42 Å². The van der Waals surface area contributed by atoms with Gasteiger partial charge in [-0.15, -0.1) is 0 Å². The largest absolute Gasteiger partial charge is 0.455 e. The molecule has 0 unspecified atom stereocenters. The van der Waals surface area contributed by atoms with Gasteiger partial charge in [-0.25, -0.2) is 9.97 Å². The summed E-state index contributed by atoms with van der Waals surface area (Å²) in [6.07, 6.45) is 0. The first-order valence-corrected chi connectivity index (χ1v) is 19.9. The molecule has 0 radical (unpaired) electrons. The summed E-state index contributed by atoms with van der Waals surface area (Å²) in [5, 5.41) is 8.03. The van der Waals surface area contributed by atoms with E-state index in [2.05, 4.69) is 181 Å². The van der Waals surface area contributed by atoms with Crippen LogP contribution in [0.3, 0.4) is 0 Å². The van der Waals surface area contributed by atoms with E-state index in [4.69, 9.17) is 14.4 Å². The third-order valence-corrected chi connectivity index (χ3v) is 12.7. The average molecular weight is 743 g/mol. The van der Waals surface area contributed by atoms with Gasteiger partial charge in [0.2, 0.25) is 5.95 Å². The summed E-state index contributed by atoms with van der Waals surface area (Å²) < 4.78 is 11.5. The van der Waals surface area contributed by atoms with Crippen LogP contribution in [0.4, 0.5) is 0 Å². The van der Waals surface area contributed by atoms with Gasteiger partial charge in [0.1, 0.15) is 11.2 Å². The summed E-state index contributed by atoms with van der Waals surface area (Å²) in [7, 11) is 0. The van der Waals surface area contributed by atoms with E-state index in [1.54, 1.807) is 0 Å². The Kier molecular flexibility index (Phi) is 6.17. The number of fused-ring (bicyclic) bond motifs is 16. The molecule has 0 N–H and O–H groups in total. The molecular formula is C53H34N4O. The molecule has 8 aromatic carbocycles. The minimum atomic E-state index is -0.294. The van der Waals surface area contributed by atoms with Crippen molar-refractivity contribution in [3.8, 4) is 34.0 Å². The van der Waals surface area contributed by atoms with Crippen LogP contribution in [0.25, 0.3) is 110 Å². The molecule has 272 valence electrons. The zero-order valence-corrected chi connectivity index (χ0v) is 31.9.